The van der Waals surface area contributed by atoms with Gasteiger partial charge in [-0.15, -0.1) is 23.1 Å². The van der Waals surface area contributed by atoms with E-state index in [0.717, 1.165) is 26.3 Å². The van der Waals surface area contributed by atoms with Gasteiger partial charge in [-0.25, -0.2) is 0 Å². The molecule has 1 heterocycles. The Balaban J connectivity index is 2.73. The predicted octanol–water partition coefficient (Wildman–Crippen LogP) is 4.42. The molecule has 68 valence electrons. The molecule has 1 aromatic heterocycles. The maximum Gasteiger partial charge on any atom is 0.196 e. The number of thiophene rings is 1. The maximum absolute atomic E-state index is 13.0. The van der Waals surface area contributed by atoms with Crippen molar-refractivity contribution in [1.29, 1.82) is 0 Å². The van der Waals surface area contributed by atoms with Crippen LogP contribution in [0.2, 0.25) is 5.02 Å². The normalized spacial score (nSPS) is 11.0. The van der Waals surface area contributed by atoms with Gasteiger partial charge in [0.05, 0.1) is 5.02 Å². The van der Waals surface area contributed by atoms with Crippen LogP contribution < -0.4 is 0 Å². The Labute approximate surface area is 88.7 Å². The molecule has 0 aliphatic rings. The summed E-state index contributed by atoms with van der Waals surface area (Å²) in [6.07, 6.45) is 1.99. The van der Waals surface area contributed by atoms with Crippen LogP contribution in [-0.4, -0.2) is 6.26 Å². The molecule has 0 atom stereocenters. The van der Waals surface area contributed by atoms with E-state index in [-0.39, 0.29) is 10.2 Å². The lowest BCUT2D eigenvalue weighted by Gasteiger charge is -1.94. The van der Waals surface area contributed by atoms with Crippen LogP contribution in [-0.2, 0) is 0 Å². The molecule has 0 nitrogen and oxygen atoms in total. The van der Waals surface area contributed by atoms with Crippen LogP contribution in [0.15, 0.2) is 23.1 Å². The van der Waals surface area contributed by atoms with Crippen molar-refractivity contribution in [2.75, 3.05) is 6.26 Å². The lowest BCUT2D eigenvalue weighted by atomic mass is 10.3. The van der Waals surface area contributed by atoms with Gasteiger partial charge in [0.25, 0.3) is 0 Å². The first-order valence-corrected chi connectivity index (χ1v) is 6.06. The third-order valence-corrected chi connectivity index (χ3v) is 3.95. The number of hydrogen-bond donors (Lipinski definition) is 0. The summed E-state index contributed by atoms with van der Waals surface area (Å²) in [7, 11) is 0. The lowest BCUT2D eigenvalue weighted by molar-refractivity contribution is 0.658. The summed E-state index contributed by atoms with van der Waals surface area (Å²) in [4.78, 5) is 1.13. The minimum Gasteiger partial charge on any atom is -0.193 e. The third kappa shape index (κ3) is 1.56. The highest BCUT2D eigenvalue weighted by atomic mass is 35.5. The Morgan fingerprint density at radius 1 is 1.46 bits per heavy atom. The fraction of sp³-hybridized carbons (Fsp3) is 0.111. The van der Waals surface area contributed by atoms with E-state index in [0.29, 0.717) is 0 Å². The molecular weight excluding hydrogens is 227 g/mol. The van der Waals surface area contributed by atoms with Crippen LogP contribution in [0.1, 0.15) is 0 Å². The molecule has 4 heteroatoms. The number of benzene rings is 1. The van der Waals surface area contributed by atoms with Crippen LogP contribution in [0.3, 0.4) is 0 Å². The van der Waals surface area contributed by atoms with Gasteiger partial charge in [-0.1, -0.05) is 17.7 Å². The molecule has 2 rings (SSSR count). The average molecular weight is 233 g/mol. The molecule has 1 aromatic carbocycles. The van der Waals surface area contributed by atoms with Crippen molar-refractivity contribution in [2.24, 2.45) is 0 Å². The predicted molar refractivity (Wildman–Crippen MR) is 58.6 cm³/mol. The zero-order valence-corrected chi connectivity index (χ0v) is 9.19. The van der Waals surface area contributed by atoms with E-state index in [2.05, 4.69) is 0 Å². The summed E-state index contributed by atoms with van der Waals surface area (Å²) in [6, 6.07) is 5.77. The topological polar surface area (TPSA) is 0 Å². The largest absolute Gasteiger partial charge is 0.196 e. The van der Waals surface area contributed by atoms with E-state index in [9.17, 15) is 4.39 Å². The number of halogens is 2. The highest BCUT2D eigenvalue weighted by Gasteiger charge is 2.09. The van der Waals surface area contributed by atoms with Crippen LogP contribution in [0, 0.1) is 5.13 Å². The molecule has 0 unspecified atom stereocenters. The molecule has 0 spiro atoms. The van der Waals surface area contributed by atoms with Gasteiger partial charge in [-0.3, -0.25) is 0 Å². The van der Waals surface area contributed by atoms with E-state index in [1.54, 1.807) is 11.8 Å². The number of thioether (sulfide) groups is 1. The van der Waals surface area contributed by atoms with Gasteiger partial charge in [0, 0.05) is 15.0 Å². The Morgan fingerprint density at radius 3 is 2.92 bits per heavy atom. The first-order valence-electron chi connectivity index (χ1n) is 3.64. The van der Waals surface area contributed by atoms with Gasteiger partial charge in [-0.05, 0) is 18.4 Å². The number of fused-ring (bicyclic) bond motifs is 1. The molecule has 0 bridgehead atoms. The molecule has 0 fully saturated rings. The van der Waals surface area contributed by atoms with Gasteiger partial charge in [-0.2, -0.15) is 4.39 Å². The number of hydrogen-bond acceptors (Lipinski definition) is 2. The Morgan fingerprint density at radius 2 is 2.23 bits per heavy atom. The van der Waals surface area contributed by atoms with Crippen molar-refractivity contribution >= 4 is 44.8 Å². The third-order valence-electron chi connectivity index (χ3n) is 1.80. The zero-order valence-electron chi connectivity index (χ0n) is 6.80. The van der Waals surface area contributed by atoms with Crippen molar-refractivity contribution in [3.8, 4) is 0 Å². The smallest absolute Gasteiger partial charge is 0.193 e. The quantitative estimate of drug-likeness (QED) is 0.656. The summed E-state index contributed by atoms with van der Waals surface area (Å²) in [5.74, 6) is 0. The van der Waals surface area contributed by atoms with Crippen molar-refractivity contribution < 1.29 is 4.39 Å². The van der Waals surface area contributed by atoms with Gasteiger partial charge in [0.15, 0.2) is 5.13 Å². The molecule has 0 saturated carbocycles. The Hall–Kier alpha value is -0.250. The average Bonchev–Trinajstić information content (AvgIpc) is 2.42. The molecule has 0 saturated heterocycles. The standard InChI is InChI=1S/C9H6ClFS2/c1-12-5-2-3-6-7(4-5)13-9(11)8(6)10/h2-4H,1H3. The second-order valence-corrected chi connectivity index (χ2v) is 4.81. The van der Waals surface area contributed by atoms with Gasteiger partial charge < -0.3 is 0 Å². The molecule has 0 aliphatic heterocycles. The molecule has 2 aromatic rings. The van der Waals surface area contributed by atoms with Crippen molar-refractivity contribution in [3.05, 3.63) is 28.4 Å². The van der Waals surface area contributed by atoms with Crippen LogP contribution in [0.25, 0.3) is 10.1 Å². The molecule has 13 heavy (non-hydrogen) atoms. The Bertz CT molecular complexity index is 450. The Kier molecular flexibility index (Phi) is 2.49. The van der Waals surface area contributed by atoms with Gasteiger partial charge >= 0.3 is 0 Å². The fourth-order valence-corrected chi connectivity index (χ4v) is 2.85. The van der Waals surface area contributed by atoms with Crippen molar-refractivity contribution in [2.45, 2.75) is 4.90 Å². The molecule has 0 N–H and O–H groups in total. The zero-order chi connectivity index (χ0) is 9.42. The monoisotopic (exact) mass is 232 g/mol. The van der Waals surface area contributed by atoms with E-state index in [1.807, 2.05) is 24.5 Å². The van der Waals surface area contributed by atoms with Crippen molar-refractivity contribution in [3.63, 3.8) is 0 Å². The highest BCUT2D eigenvalue weighted by molar-refractivity contribution is 7.98. The molecule has 0 radical (unpaired) electrons. The van der Waals surface area contributed by atoms with Gasteiger partial charge in [0.1, 0.15) is 0 Å². The van der Waals surface area contributed by atoms with E-state index < -0.39 is 0 Å². The van der Waals surface area contributed by atoms with Gasteiger partial charge in [0.2, 0.25) is 0 Å². The molecular formula is C9H6ClFS2. The van der Waals surface area contributed by atoms with Crippen molar-refractivity contribution in [1.82, 2.24) is 0 Å². The van der Waals surface area contributed by atoms with E-state index in [1.165, 1.54) is 0 Å². The first kappa shape index (κ1) is 9.31. The minimum absolute atomic E-state index is 0.243. The van der Waals surface area contributed by atoms with E-state index >= 15 is 0 Å². The summed E-state index contributed by atoms with van der Waals surface area (Å²) >= 11 is 8.50. The maximum atomic E-state index is 13.0. The first-order chi connectivity index (χ1) is 6.22. The summed E-state index contributed by atoms with van der Waals surface area (Å²) in [5, 5.41) is 0.754. The van der Waals surface area contributed by atoms with Crippen LogP contribution >= 0.6 is 34.7 Å². The molecule has 0 amide bonds. The SMILES string of the molecule is CSc1ccc2c(Cl)c(F)sc2c1. The fourth-order valence-electron chi connectivity index (χ4n) is 1.14. The second-order valence-electron chi connectivity index (χ2n) is 2.55. The second kappa shape index (κ2) is 3.48. The summed E-state index contributed by atoms with van der Waals surface area (Å²) in [5.41, 5.74) is 0. The minimum atomic E-state index is -0.296. The van der Waals surface area contributed by atoms with Crippen LogP contribution in [0.4, 0.5) is 4.39 Å². The highest BCUT2D eigenvalue weighted by Crippen LogP contribution is 2.35. The molecule has 0 aliphatic carbocycles. The van der Waals surface area contributed by atoms with Crippen LogP contribution in [0.5, 0.6) is 0 Å². The summed E-state index contributed by atoms with van der Waals surface area (Å²) < 4.78 is 14.0. The van der Waals surface area contributed by atoms with E-state index in [4.69, 9.17) is 11.6 Å². The number of rotatable bonds is 1. The lowest BCUT2D eigenvalue weighted by Crippen LogP contribution is -1.68. The summed E-state index contributed by atoms with van der Waals surface area (Å²) in [6.45, 7) is 0.